The number of anilines is 3. The van der Waals surface area contributed by atoms with Gasteiger partial charge in [0, 0.05) is 11.1 Å². The monoisotopic (exact) mass is 327 g/mol. The highest BCUT2D eigenvalue weighted by molar-refractivity contribution is 5.94. The van der Waals surface area contributed by atoms with Crippen LogP contribution in [0.3, 0.4) is 0 Å². The Labute approximate surface area is 141 Å². The van der Waals surface area contributed by atoms with E-state index in [2.05, 4.69) is 20.4 Å². The SMILES string of the molecule is COC(=O)c1ccc(Nc2ccc(NC(=O)C(C)(C)C)cn2)cc1. The molecule has 0 saturated carbocycles. The zero-order valence-corrected chi connectivity index (χ0v) is 14.2. The second-order valence-corrected chi connectivity index (χ2v) is 6.33. The largest absolute Gasteiger partial charge is 0.465 e. The first-order chi connectivity index (χ1) is 11.3. The van der Waals surface area contributed by atoms with Crippen LogP contribution in [-0.4, -0.2) is 24.0 Å². The second-order valence-electron chi connectivity index (χ2n) is 6.33. The van der Waals surface area contributed by atoms with Crippen LogP contribution in [0.4, 0.5) is 17.2 Å². The first-order valence-electron chi connectivity index (χ1n) is 7.52. The molecule has 1 aromatic carbocycles. The molecule has 1 aromatic heterocycles. The summed E-state index contributed by atoms with van der Waals surface area (Å²) in [5.74, 6) is 0.191. The predicted molar refractivity (Wildman–Crippen MR) is 93.4 cm³/mol. The van der Waals surface area contributed by atoms with Crippen molar-refractivity contribution in [1.29, 1.82) is 0 Å². The minimum atomic E-state index is -0.460. The molecule has 2 N–H and O–H groups in total. The van der Waals surface area contributed by atoms with E-state index in [0.29, 0.717) is 17.1 Å². The summed E-state index contributed by atoms with van der Waals surface area (Å²) in [5.41, 5.74) is 1.46. The number of nitrogens with zero attached hydrogens (tertiary/aromatic N) is 1. The van der Waals surface area contributed by atoms with Crippen LogP contribution < -0.4 is 10.6 Å². The number of pyridine rings is 1. The standard InChI is InChI=1S/C18H21N3O3/c1-18(2,3)17(23)21-14-9-10-15(19-11-14)20-13-7-5-12(6-8-13)16(22)24-4/h5-11H,1-4H3,(H,19,20)(H,21,23). The Morgan fingerprint density at radius 1 is 1.00 bits per heavy atom. The van der Waals surface area contributed by atoms with E-state index >= 15 is 0 Å². The van der Waals surface area contributed by atoms with Crippen LogP contribution in [0.1, 0.15) is 31.1 Å². The summed E-state index contributed by atoms with van der Waals surface area (Å²) in [7, 11) is 1.35. The van der Waals surface area contributed by atoms with Crippen molar-refractivity contribution in [1.82, 2.24) is 4.98 Å². The quantitative estimate of drug-likeness (QED) is 0.839. The highest BCUT2D eigenvalue weighted by atomic mass is 16.5. The number of carbonyl (C=O) groups is 2. The summed E-state index contributed by atoms with van der Waals surface area (Å²) in [6.07, 6.45) is 1.59. The topological polar surface area (TPSA) is 80.3 Å². The van der Waals surface area contributed by atoms with E-state index in [9.17, 15) is 9.59 Å². The lowest BCUT2D eigenvalue weighted by Gasteiger charge is -2.17. The maximum atomic E-state index is 11.9. The van der Waals surface area contributed by atoms with Crippen LogP contribution in [0, 0.1) is 5.41 Å². The van der Waals surface area contributed by atoms with Crippen LogP contribution >= 0.6 is 0 Å². The van der Waals surface area contributed by atoms with Crippen LogP contribution in [-0.2, 0) is 9.53 Å². The number of rotatable bonds is 4. The molecule has 0 saturated heterocycles. The van der Waals surface area contributed by atoms with Crippen molar-refractivity contribution < 1.29 is 14.3 Å². The van der Waals surface area contributed by atoms with E-state index in [-0.39, 0.29) is 11.9 Å². The summed E-state index contributed by atoms with van der Waals surface area (Å²) in [6, 6.07) is 10.4. The van der Waals surface area contributed by atoms with Gasteiger partial charge >= 0.3 is 5.97 Å². The Hall–Kier alpha value is -2.89. The van der Waals surface area contributed by atoms with Crippen LogP contribution in [0.25, 0.3) is 0 Å². The van der Waals surface area contributed by atoms with Crippen molar-refractivity contribution in [2.45, 2.75) is 20.8 Å². The number of carbonyl (C=O) groups excluding carboxylic acids is 2. The first kappa shape index (κ1) is 17.5. The lowest BCUT2D eigenvalue weighted by atomic mass is 9.96. The summed E-state index contributed by atoms with van der Waals surface area (Å²) >= 11 is 0. The van der Waals surface area contributed by atoms with Gasteiger partial charge in [0.25, 0.3) is 0 Å². The van der Waals surface area contributed by atoms with Gasteiger partial charge in [0.15, 0.2) is 0 Å². The van der Waals surface area contributed by atoms with E-state index in [1.165, 1.54) is 7.11 Å². The minimum Gasteiger partial charge on any atom is -0.465 e. The lowest BCUT2D eigenvalue weighted by molar-refractivity contribution is -0.123. The molecule has 24 heavy (non-hydrogen) atoms. The van der Waals surface area contributed by atoms with Crippen LogP contribution in [0.5, 0.6) is 0 Å². The molecule has 0 atom stereocenters. The van der Waals surface area contributed by atoms with Gasteiger partial charge in [-0.05, 0) is 36.4 Å². The summed E-state index contributed by atoms with van der Waals surface area (Å²) in [5, 5.41) is 5.94. The average molecular weight is 327 g/mol. The third-order valence-corrected chi connectivity index (χ3v) is 3.28. The fourth-order valence-corrected chi connectivity index (χ4v) is 1.82. The van der Waals surface area contributed by atoms with E-state index in [4.69, 9.17) is 0 Å². The normalized spacial score (nSPS) is 10.8. The van der Waals surface area contributed by atoms with Crippen molar-refractivity contribution in [3.63, 3.8) is 0 Å². The molecular formula is C18H21N3O3. The third kappa shape index (κ3) is 4.55. The van der Waals surface area contributed by atoms with Crippen LogP contribution in [0.15, 0.2) is 42.6 Å². The molecule has 1 heterocycles. The Morgan fingerprint density at radius 2 is 1.62 bits per heavy atom. The molecule has 1 amide bonds. The number of amides is 1. The highest BCUT2D eigenvalue weighted by Crippen LogP contribution is 2.19. The second kappa shape index (κ2) is 7.12. The number of methoxy groups -OCH3 is 1. The number of hydrogen-bond donors (Lipinski definition) is 2. The molecule has 0 aliphatic heterocycles. The van der Waals surface area contributed by atoms with Crippen molar-refractivity contribution in [3.05, 3.63) is 48.2 Å². The molecule has 126 valence electrons. The van der Waals surface area contributed by atoms with Gasteiger partial charge in [-0.3, -0.25) is 4.79 Å². The van der Waals surface area contributed by atoms with Gasteiger partial charge in [0.1, 0.15) is 5.82 Å². The van der Waals surface area contributed by atoms with Gasteiger partial charge in [-0.25, -0.2) is 9.78 Å². The first-order valence-corrected chi connectivity index (χ1v) is 7.52. The van der Waals surface area contributed by atoms with Crippen molar-refractivity contribution in [2.24, 2.45) is 5.41 Å². The molecule has 6 heteroatoms. The zero-order valence-electron chi connectivity index (χ0n) is 14.2. The lowest BCUT2D eigenvalue weighted by Crippen LogP contribution is -2.27. The average Bonchev–Trinajstić information content (AvgIpc) is 2.55. The van der Waals surface area contributed by atoms with Crippen molar-refractivity contribution >= 4 is 29.1 Å². The molecule has 0 fully saturated rings. The Balaban J connectivity index is 2.01. The summed E-state index contributed by atoms with van der Waals surface area (Å²) in [4.78, 5) is 27.6. The van der Waals surface area contributed by atoms with Gasteiger partial charge in [0.2, 0.25) is 5.91 Å². The maximum absolute atomic E-state index is 11.9. The number of ether oxygens (including phenoxy) is 1. The van der Waals surface area contributed by atoms with Gasteiger partial charge in [0.05, 0.1) is 24.6 Å². The summed E-state index contributed by atoms with van der Waals surface area (Å²) < 4.78 is 4.66. The molecule has 0 unspecified atom stereocenters. The molecule has 0 bridgehead atoms. The molecule has 0 spiro atoms. The van der Waals surface area contributed by atoms with E-state index in [0.717, 1.165) is 5.69 Å². The Bertz CT molecular complexity index is 717. The van der Waals surface area contributed by atoms with Crippen molar-refractivity contribution in [2.75, 3.05) is 17.7 Å². The molecule has 0 radical (unpaired) electrons. The van der Waals surface area contributed by atoms with Gasteiger partial charge in [-0.1, -0.05) is 20.8 Å². The fraction of sp³-hybridized carbons (Fsp3) is 0.278. The third-order valence-electron chi connectivity index (χ3n) is 3.28. The fourth-order valence-electron chi connectivity index (χ4n) is 1.82. The van der Waals surface area contributed by atoms with Crippen LogP contribution in [0.2, 0.25) is 0 Å². The number of benzene rings is 1. The molecule has 0 aliphatic rings. The number of esters is 1. The maximum Gasteiger partial charge on any atom is 0.337 e. The molecular weight excluding hydrogens is 306 g/mol. The minimum absolute atomic E-state index is 0.0663. The number of hydrogen-bond acceptors (Lipinski definition) is 5. The van der Waals surface area contributed by atoms with E-state index in [1.807, 2.05) is 20.8 Å². The van der Waals surface area contributed by atoms with Crippen molar-refractivity contribution in [3.8, 4) is 0 Å². The van der Waals surface area contributed by atoms with E-state index in [1.54, 1.807) is 42.6 Å². The summed E-state index contributed by atoms with van der Waals surface area (Å²) in [6.45, 7) is 5.55. The molecule has 0 aliphatic carbocycles. The number of nitrogens with one attached hydrogen (secondary N) is 2. The molecule has 2 aromatic rings. The van der Waals surface area contributed by atoms with Gasteiger partial charge in [-0.15, -0.1) is 0 Å². The molecule has 6 nitrogen and oxygen atoms in total. The molecule has 2 rings (SSSR count). The number of aromatic nitrogens is 1. The smallest absolute Gasteiger partial charge is 0.337 e. The van der Waals surface area contributed by atoms with Gasteiger partial charge in [-0.2, -0.15) is 0 Å². The Morgan fingerprint density at radius 3 is 2.12 bits per heavy atom. The zero-order chi connectivity index (χ0) is 17.7. The Kier molecular flexibility index (Phi) is 5.18. The highest BCUT2D eigenvalue weighted by Gasteiger charge is 2.21. The van der Waals surface area contributed by atoms with E-state index < -0.39 is 5.41 Å². The predicted octanol–water partition coefficient (Wildman–Crippen LogP) is 3.60. The van der Waals surface area contributed by atoms with Gasteiger partial charge < -0.3 is 15.4 Å².